The highest BCUT2D eigenvalue weighted by atomic mass is 79.9. The Morgan fingerprint density at radius 1 is 0.938 bits per heavy atom. The number of hydrogen-bond acceptors (Lipinski definition) is 2. The zero-order valence-electron chi connectivity index (χ0n) is 8.05. The number of halogens is 3. The molecule has 16 heavy (non-hydrogen) atoms. The zero-order chi connectivity index (χ0) is 11.5. The van der Waals surface area contributed by atoms with Gasteiger partial charge in [0.15, 0.2) is 0 Å². The second-order valence-corrected chi connectivity index (χ2v) is 5.73. The molecule has 1 N–H and O–H groups in total. The van der Waals surface area contributed by atoms with Crippen molar-refractivity contribution in [2.24, 2.45) is 0 Å². The summed E-state index contributed by atoms with van der Waals surface area (Å²) in [7, 11) is 0. The SMILES string of the molecule is Brc1ccc(Br)c(Nc2ccncc2Br)c1. The van der Waals surface area contributed by atoms with Crippen LogP contribution in [0.2, 0.25) is 0 Å². The van der Waals surface area contributed by atoms with Gasteiger partial charge in [0.25, 0.3) is 0 Å². The van der Waals surface area contributed by atoms with E-state index in [0.29, 0.717) is 0 Å². The number of hydrogen-bond donors (Lipinski definition) is 1. The van der Waals surface area contributed by atoms with Gasteiger partial charge in [0, 0.05) is 21.3 Å². The minimum Gasteiger partial charge on any atom is -0.354 e. The molecule has 82 valence electrons. The molecule has 0 saturated carbocycles. The van der Waals surface area contributed by atoms with Gasteiger partial charge < -0.3 is 5.32 Å². The fraction of sp³-hybridized carbons (Fsp3) is 0. The topological polar surface area (TPSA) is 24.9 Å². The maximum absolute atomic E-state index is 4.02. The quantitative estimate of drug-likeness (QED) is 0.749. The number of benzene rings is 1. The second kappa shape index (κ2) is 5.29. The molecule has 1 heterocycles. The Hall–Kier alpha value is -0.390. The monoisotopic (exact) mass is 404 g/mol. The van der Waals surface area contributed by atoms with Crippen molar-refractivity contribution in [2.45, 2.75) is 0 Å². The van der Waals surface area contributed by atoms with Crippen molar-refractivity contribution in [2.75, 3.05) is 5.32 Å². The molecule has 5 heteroatoms. The lowest BCUT2D eigenvalue weighted by Crippen LogP contribution is -1.92. The molecule has 0 amide bonds. The minimum atomic E-state index is 0.932. The van der Waals surface area contributed by atoms with Gasteiger partial charge in [-0.3, -0.25) is 4.98 Å². The summed E-state index contributed by atoms with van der Waals surface area (Å²) >= 11 is 10.4. The van der Waals surface area contributed by atoms with Crippen LogP contribution in [-0.2, 0) is 0 Å². The maximum atomic E-state index is 4.02. The third-order valence-corrected chi connectivity index (χ3v) is 3.79. The first-order chi connectivity index (χ1) is 7.66. The van der Waals surface area contributed by atoms with E-state index < -0.39 is 0 Å². The summed E-state index contributed by atoms with van der Waals surface area (Å²) in [6.07, 6.45) is 3.51. The molecule has 2 aromatic rings. The number of anilines is 2. The van der Waals surface area contributed by atoms with Gasteiger partial charge in [0.1, 0.15) is 0 Å². The molecular formula is C11H7Br3N2. The molecule has 0 atom stereocenters. The van der Waals surface area contributed by atoms with E-state index in [-0.39, 0.29) is 0 Å². The van der Waals surface area contributed by atoms with E-state index in [1.165, 1.54) is 0 Å². The first kappa shape index (κ1) is 12.1. The van der Waals surface area contributed by atoms with E-state index in [1.807, 2.05) is 24.3 Å². The summed E-state index contributed by atoms with van der Waals surface area (Å²) in [6.45, 7) is 0. The Morgan fingerprint density at radius 3 is 2.50 bits per heavy atom. The van der Waals surface area contributed by atoms with Gasteiger partial charge in [-0.1, -0.05) is 15.9 Å². The molecule has 0 unspecified atom stereocenters. The first-order valence-electron chi connectivity index (χ1n) is 4.48. The fourth-order valence-electron chi connectivity index (χ4n) is 1.21. The fourth-order valence-corrected chi connectivity index (χ4v) is 2.27. The van der Waals surface area contributed by atoms with Crippen LogP contribution in [-0.4, -0.2) is 4.98 Å². The van der Waals surface area contributed by atoms with Gasteiger partial charge in [0.05, 0.1) is 15.8 Å². The Labute approximate surface area is 119 Å². The molecule has 0 fully saturated rings. The summed E-state index contributed by atoms with van der Waals surface area (Å²) < 4.78 is 2.98. The molecule has 2 rings (SSSR count). The molecule has 0 bridgehead atoms. The number of pyridine rings is 1. The average molecular weight is 407 g/mol. The predicted molar refractivity (Wildman–Crippen MR) is 77.1 cm³/mol. The largest absolute Gasteiger partial charge is 0.354 e. The van der Waals surface area contributed by atoms with E-state index >= 15 is 0 Å². The summed E-state index contributed by atoms with van der Waals surface area (Å²) in [4.78, 5) is 4.02. The van der Waals surface area contributed by atoms with Gasteiger partial charge in [-0.05, 0) is 56.1 Å². The summed E-state index contributed by atoms with van der Waals surface area (Å²) in [5, 5.41) is 3.32. The van der Waals surface area contributed by atoms with Gasteiger partial charge >= 0.3 is 0 Å². The highest BCUT2D eigenvalue weighted by Gasteiger charge is 2.03. The van der Waals surface area contributed by atoms with Crippen LogP contribution in [0.3, 0.4) is 0 Å². The molecule has 2 nitrogen and oxygen atoms in total. The van der Waals surface area contributed by atoms with Crippen molar-refractivity contribution >= 4 is 59.2 Å². The van der Waals surface area contributed by atoms with Gasteiger partial charge in [-0.2, -0.15) is 0 Å². The van der Waals surface area contributed by atoms with E-state index in [2.05, 4.69) is 58.1 Å². The van der Waals surface area contributed by atoms with Crippen LogP contribution < -0.4 is 5.32 Å². The molecule has 0 radical (unpaired) electrons. The van der Waals surface area contributed by atoms with Crippen LogP contribution in [0.4, 0.5) is 11.4 Å². The van der Waals surface area contributed by atoms with Crippen LogP contribution in [0, 0.1) is 0 Å². The second-order valence-electron chi connectivity index (χ2n) is 3.10. The van der Waals surface area contributed by atoms with Crippen molar-refractivity contribution < 1.29 is 0 Å². The third-order valence-electron chi connectivity index (χ3n) is 1.97. The van der Waals surface area contributed by atoms with Crippen LogP contribution in [0.5, 0.6) is 0 Å². The standard InChI is InChI=1S/C11H7Br3N2/c12-7-1-2-8(13)11(5-7)16-10-3-4-15-6-9(10)14/h1-6H,(H,15,16). The molecule has 0 spiro atoms. The zero-order valence-corrected chi connectivity index (χ0v) is 12.8. The molecule has 0 aliphatic rings. The van der Waals surface area contributed by atoms with Gasteiger partial charge in [-0.25, -0.2) is 0 Å². The number of aromatic nitrogens is 1. The Balaban J connectivity index is 2.34. The van der Waals surface area contributed by atoms with Crippen molar-refractivity contribution in [3.63, 3.8) is 0 Å². The van der Waals surface area contributed by atoms with Crippen molar-refractivity contribution in [3.8, 4) is 0 Å². The van der Waals surface area contributed by atoms with Crippen LogP contribution in [0.15, 0.2) is 50.1 Å². The number of nitrogens with one attached hydrogen (secondary N) is 1. The number of nitrogens with zero attached hydrogens (tertiary/aromatic N) is 1. The van der Waals surface area contributed by atoms with Crippen molar-refractivity contribution in [1.29, 1.82) is 0 Å². The van der Waals surface area contributed by atoms with Gasteiger partial charge in [0.2, 0.25) is 0 Å². The molecular weight excluding hydrogens is 400 g/mol. The van der Waals surface area contributed by atoms with Crippen molar-refractivity contribution in [3.05, 3.63) is 50.1 Å². The van der Waals surface area contributed by atoms with Gasteiger partial charge in [-0.15, -0.1) is 0 Å². The molecule has 0 saturated heterocycles. The Morgan fingerprint density at radius 2 is 1.75 bits per heavy atom. The normalized spacial score (nSPS) is 10.2. The molecule has 1 aromatic carbocycles. The lowest BCUT2D eigenvalue weighted by molar-refractivity contribution is 1.30. The summed E-state index contributed by atoms with van der Waals surface area (Å²) in [6, 6.07) is 7.90. The average Bonchev–Trinajstić information content (AvgIpc) is 2.27. The van der Waals surface area contributed by atoms with Crippen LogP contribution >= 0.6 is 47.8 Å². The van der Waals surface area contributed by atoms with Crippen LogP contribution in [0.1, 0.15) is 0 Å². The molecule has 0 aliphatic heterocycles. The Kier molecular flexibility index (Phi) is 4.00. The highest BCUT2D eigenvalue weighted by Crippen LogP contribution is 2.31. The van der Waals surface area contributed by atoms with Crippen molar-refractivity contribution in [1.82, 2.24) is 4.98 Å². The minimum absolute atomic E-state index is 0.932. The lowest BCUT2D eigenvalue weighted by atomic mass is 10.3. The lowest BCUT2D eigenvalue weighted by Gasteiger charge is -2.10. The molecule has 0 aliphatic carbocycles. The van der Waals surface area contributed by atoms with E-state index in [4.69, 9.17) is 0 Å². The van der Waals surface area contributed by atoms with E-state index in [0.717, 1.165) is 24.8 Å². The smallest absolute Gasteiger partial charge is 0.0593 e. The predicted octanol–water partition coefficient (Wildman–Crippen LogP) is 5.11. The molecule has 1 aromatic heterocycles. The summed E-state index contributed by atoms with van der Waals surface area (Å²) in [5.41, 5.74) is 1.98. The third kappa shape index (κ3) is 2.84. The van der Waals surface area contributed by atoms with E-state index in [9.17, 15) is 0 Å². The maximum Gasteiger partial charge on any atom is 0.0593 e. The van der Waals surface area contributed by atoms with Crippen LogP contribution in [0.25, 0.3) is 0 Å². The first-order valence-corrected chi connectivity index (χ1v) is 6.86. The highest BCUT2D eigenvalue weighted by molar-refractivity contribution is 9.11. The number of rotatable bonds is 2. The Bertz CT molecular complexity index is 514. The summed E-state index contributed by atoms with van der Waals surface area (Å²) in [5.74, 6) is 0. The van der Waals surface area contributed by atoms with E-state index in [1.54, 1.807) is 12.4 Å².